The van der Waals surface area contributed by atoms with Crippen molar-refractivity contribution in [3.05, 3.63) is 41.6 Å². The molecule has 6 heteroatoms. The Morgan fingerprint density at radius 1 is 1.26 bits per heavy atom. The van der Waals surface area contributed by atoms with Crippen LogP contribution in [0, 0.1) is 0 Å². The van der Waals surface area contributed by atoms with E-state index in [-0.39, 0.29) is 17.0 Å². The average Bonchev–Trinajstić information content (AvgIpc) is 3.08. The summed E-state index contributed by atoms with van der Waals surface area (Å²) in [6.45, 7) is 0.813. The number of alkyl halides is 3. The number of aromatic nitrogens is 2. The van der Waals surface area contributed by atoms with Crippen molar-refractivity contribution in [2.75, 3.05) is 13.6 Å². The Morgan fingerprint density at radius 2 is 2.04 bits per heavy atom. The quantitative estimate of drug-likeness (QED) is 0.716. The molecule has 2 aromatic heterocycles. The molecular formula is C17H16F3N3. The summed E-state index contributed by atoms with van der Waals surface area (Å²) in [6.07, 6.45) is -1.38. The number of hydrogen-bond acceptors (Lipinski definition) is 2. The number of likely N-dealkylation sites (tertiary alicyclic amines) is 1. The van der Waals surface area contributed by atoms with Gasteiger partial charge in [0.05, 0.1) is 5.56 Å². The fraction of sp³-hybridized carbons (Fsp3) is 0.353. The highest BCUT2D eigenvalue weighted by molar-refractivity contribution is 6.08. The predicted molar refractivity (Wildman–Crippen MR) is 83.2 cm³/mol. The van der Waals surface area contributed by atoms with Crippen molar-refractivity contribution >= 4 is 21.9 Å². The maximum atomic E-state index is 13.9. The van der Waals surface area contributed by atoms with E-state index in [1.54, 1.807) is 24.3 Å². The number of H-pyrrole nitrogens is 1. The number of nitrogens with one attached hydrogen (secondary N) is 1. The average molecular weight is 319 g/mol. The lowest BCUT2D eigenvalue weighted by atomic mass is 9.96. The molecule has 3 aromatic rings. The summed E-state index contributed by atoms with van der Waals surface area (Å²) in [5.74, 6) is 0. The fourth-order valence-corrected chi connectivity index (χ4v) is 3.68. The standard InChI is InChI=1S/C17H16F3N3/c1-23-8-4-7-13(23)11-9-21-16-14(15(11)17(18,19)20)10-5-2-3-6-12(10)22-16/h2-3,5-6,9,13H,4,7-8H2,1H3,(H,21,22)/t13-/m0/s1. The Morgan fingerprint density at radius 3 is 2.74 bits per heavy atom. The van der Waals surface area contributed by atoms with E-state index in [0.717, 1.165) is 19.4 Å². The summed E-state index contributed by atoms with van der Waals surface area (Å²) in [7, 11) is 1.87. The Labute approximate surface area is 131 Å². The molecule has 1 fully saturated rings. The smallest absolute Gasteiger partial charge is 0.339 e. The van der Waals surface area contributed by atoms with Gasteiger partial charge in [-0.25, -0.2) is 4.98 Å². The SMILES string of the molecule is CN1CCC[C@H]1c1cnc2[nH]c3ccccc3c2c1C(F)(F)F. The van der Waals surface area contributed by atoms with Gasteiger partial charge in [-0.2, -0.15) is 13.2 Å². The zero-order valence-electron chi connectivity index (χ0n) is 12.6. The number of halogens is 3. The highest BCUT2D eigenvalue weighted by Crippen LogP contribution is 2.44. The first-order chi connectivity index (χ1) is 11.0. The molecule has 1 aliphatic rings. The number of rotatable bonds is 1. The van der Waals surface area contributed by atoms with Crippen molar-refractivity contribution in [2.45, 2.75) is 25.1 Å². The molecule has 120 valence electrons. The van der Waals surface area contributed by atoms with Gasteiger partial charge in [-0.05, 0) is 32.5 Å². The first kappa shape index (κ1) is 14.5. The van der Waals surface area contributed by atoms with Crippen LogP contribution in [-0.4, -0.2) is 28.5 Å². The maximum absolute atomic E-state index is 13.9. The Hall–Kier alpha value is -2.08. The minimum atomic E-state index is -4.41. The van der Waals surface area contributed by atoms with Crippen LogP contribution in [0.4, 0.5) is 13.2 Å². The van der Waals surface area contributed by atoms with E-state index in [0.29, 0.717) is 16.6 Å². The van der Waals surface area contributed by atoms with Gasteiger partial charge in [-0.3, -0.25) is 4.90 Å². The molecule has 1 aliphatic heterocycles. The number of para-hydroxylation sites is 1. The number of aromatic amines is 1. The second-order valence-electron chi connectivity index (χ2n) is 6.12. The molecule has 0 aliphatic carbocycles. The van der Waals surface area contributed by atoms with Gasteiger partial charge in [0, 0.05) is 34.1 Å². The van der Waals surface area contributed by atoms with Crippen LogP contribution in [0.2, 0.25) is 0 Å². The van der Waals surface area contributed by atoms with Crippen molar-refractivity contribution in [1.82, 2.24) is 14.9 Å². The first-order valence-electron chi connectivity index (χ1n) is 7.63. The van der Waals surface area contributed by atoms with Crippen molar-refractivity contribution in [3.63, 3.8) is 0 Å². The summed E-state index contributed by atoms with van der Waals surface area (Å²) < 4.78 is 41.7. The summed E-state index contributed by atoms with van der Waals surface area (Å²) in [5.41, 5.74) is 0.716. The van der Waals surface area contributed by atoms with Crippen molar-refractivity contribution in [1.29, 1.82) is 0 Å². The van der Waals surface area contributed by atoms with Crippen LogP contribution in [0.15, 0.2) is 30.5 Å². The van der Waals surface area contributed by atoms with E-state index < -0.39 is 11.7 Å². The number of hydrogen-bond donors (Lipinski definition) is 1. The van der Waals surface area contributed by atoms with Crippen molar-refractivity contribution in [3.8, 4) is 0 Å². The van der Waals surface area contributed by atoms with E-state index in [1.165, 1.54) is 6.20 Å². The van der Waals surface area contributed by atoms with Gasteiger partial charge in [0.15, 0.2) is 0 Å². The van der Waals surface area contributed by atoms with Crippen LogP contribution in [-0.2, 0) is 6.18 Å². The maximum Gasteiger partial charge on any atom is 0.417 e. The van der Waals surface area contributed by atoms with Crippen molar-refractivity contribution in [2.24, 2.45) is 0 Å². The molecule has 1 atom stereocenters. The Balaban J connectivity index is 2.09. The lowest BCUT2D eigenvalue weighted by Crippen LogP contribution is -2.21. The van der Waals surface area contributed by atoms with E-state index in [1.807, 2.05) is 11.9 Å². The monoisotopic (exact) mass is 319 g/mol. The number of fused-ring (bicyclic) bond motifs is 3. The summed E-state index contributed by atoms with van der Waals surface area (Å²) >= 11 is 0. The lowest BCUT2D eigenvalue weighted by Gasteiger charge is -2.23. The van der Waals surface area contributed by atoms with Gasteiger partial charge in [-0.1, -0.05) is 18.2 Å². The summed E-state index contributed by atoms with van der Waals surface area (Å²) in [6, 6.07) is 6.82. The molecule has 0 radical (unpaired) electrons. The normalized spacial score (nSPS) is 19.9. The highest BCUT2D eigenvalue weighted by atomic mass is 19.4. The minimum absolute atomic E-state index is 0.186. The molecule has 0 spiro atoms. The largest absolute Gasteiger partial charge is 0.417 e. The zero-order valence-corrected chi connectivity index (χ0v) is 12.6. The third-order valence-corrected chi connectivity index (χ3v) is 4.72. The second kappa shape index (κ2) is 4.96. The highest BCUT2D eigenvalue weighted by Gasteiger charge is 2.40. The predicted octanol–water partition coefficient (Wildman–Crippen LogP) is 4.50. The van der Waals surface area contributed by atoms with Crippen LogP contribution in [0.3, 0.4) is 0 Å². The number of pyridine rings is 1. The van der Waals surface area contributed by atoms with Gasteiger partial charge < -0.3 is 4.98 Å². The molecule has 0 amide bonds. The molecule has 1 N–H and O–H groups in total. The molecule has 0 saturated carbocycles. The van der Waals surface area contributed by atoms with Crippen LogP contribution in [0.1, 0.15) is 30.0 Å². The molecule has 1 aromatic carbocycles. The fourth-order valence-electron chi connectivity index (χ4n) is 3.68. The Kier molecular flexibility index (Phi) is 3.13. The summed E-state index contributed by atoms with van der Waals surface area (Å²) in [4.78, 5) is 9.26. The molecule has 0 unspecified atom stereocenters. The van der Waals surface area contributed by atoms with Crippen LogP contribution < -0.4 is 0 Å². The van der Waals surface area contributed by atoms with E-state index >= 15 is 0 Å². The topological polar surface area (TPSA) is 31.9 Å². The van der Waals surface area contributed by atoms with Gasteiger partial charge in [-0.15, -0.1) is 0 Å². The Bertz CT molecular complexity index is 882. The zero-order chi connectivity index (χ0) is 16.2. The third kappa shape index (κ3) is 2.20. The van der Waals surface area contributed by atoms with Crippen LogP contribution in [0.5, 0.6) is 0 Å². The molecule has 3 heterocycles. The van der Waals surface area contributed by atoms with Crippen LogP contribution >= 0.6 is 0 Å². The third-order valence-electron chi connectivity index (χ3n) is 4.72. The van der Waals surface area contributed by atoms with Gasteiger partial charge >= 0.3 is 6.18 Å². The van der Waals surface area contributed by atoms with E-state index in [9.17, 15) is 13.2 Å². The minimum Gasteiger partial charge on any atom is -0.339 e. The van der Waals surface area contributed by atoms with E-state index in [2.05, 4.69) is 9.97 Å². The molecule has 3 nitrogen and oxygen atoms in total. The van der Waals surface area contributed by atoms with Gasteiger partial charge in [0.2, 0.25) is 0 Å². The van der Waals surface area contributed by atoms with Crippen LogP contribution in [0.25, 0.3) is 21.9 Å². The lowest BCUT2D eigenvalue weighted by molar-refractivity contribution is -0.137. The van der Waals surface area contributed by atoms with Gasteiger partial charge in [0.25, 0.3) is 0 Å². The molecular weight excluding hydrogens is 303 g/mol. The molecule has 23 heavy (non-hydrogen) atoms. The number of nitrogens with zero attached hydrogens (tertiary/aromatic N) is 2. The first-order valence-corrected chi connectivity index (χ1v) is 7.63. The molecule has 1 saturated heterocycles. The van der Waals surface area contributed by atoms with Crippen molar-refractivity contribution < 1.29 is 13.2 Å². The van der Waals surface area contributed by atoms with E-state index in [4.69, 9.17) is 0 Å². The number of benzene rings is 1. The second-order valence-corrected chi connectivity index (χ2v) is 6.12. The van der Waals surface area contributed by atoms with Gasteiger partial charge in [0.1, 0.15) is 5.65 Å². The summed E-state index contributed by atoms with van der Waals surface area (Å²) in [5, 5.41) is 0.760. The molecule has 0 bridgehead atoms. The molecule has 4 rings (SSSR count).